The van der Waals surface area contributed by atoms with E-state index in [-0.39, 0.29) is 0 Å². The van der Waals surface area contributed by atoms with Crippen LogP contribution in [0.15, 0.2) is 24.4 Å². The van der Waals surface area contributed by atoms with Crippen LogP contribution in [0, 0.1) is 6.92 Å². The molecule has 0 radical (unpaired) electrons. The summed E-state index contributed by atoms with van der Waals surface area (Å²) in [5.74, 6) is 0.884. The van der Waals surface area contributed by atoms with Gasteiger partial charge < -0.3 is 15.0 Å². The van der Waals surface area contributed by atoms with Gasteiger partial charge >= 0.3 is 0 Å². The SMILES string of the molecule is COc1cc(NCCCCCCN2C[C@H](C)S[C@@H](C)C2)c2nccc(C)c2c1. The lowest BCUT2D eigenvalue weighted by Crippen LogP contribution is -2.40. The van der Waals surface area contributed by atoms with E-state index < -0.39 is 0 Å². The van der Waals surface area contributed by atoms with Gasteiger partial charge in [0, 0.05) is 47.8 Å². The third-order valence-corrected chi connectivity index (χ3v) is 6.71. The minimum atomic E-state index is 0.780. The van der Waals surface area contributed by atoms with Crippen LogP contribution in [0.25, 0.3) is 10.9 Å². The van der Waals surface area contributed by atoms with Gasteiger partial charge in [0.25, 0.3) is 0 Å². The number of rotatable bonds is 9. The van der Waals surface area contributed by atoms with Gasteiger partial charge in [-0.25, -0.2) is 0 Å². The summed E-state index contributed by atoms with van der Waals surface area (Å²) in [7, 11) is 1.72. The summed E-state index contributed by atoms with van der Waals surface area (Å²) in [6.45, 7) is 11.6. The zero-order valence-corrected chi connectivity index (χ0v) is 18.6. The van der Waals surface area contributed by atoms with Crippen LogP contribution >= 0.6 is 11.8 Å². The van der Waals surface area contributed by atoms with Crippen LogP contribution in [-0.2, 0) is 0 Å². The lowest BCUT2D eigenvalue weighted by atomic mass is 10.1. The lowest BCUT2D eigenvalue weighted by Gasteiger charge is -2.34. The van der Waals surface area contributed by atoms with Crippen LogP contribution in [-0.4, -0.2) is 53.7 Å². The second-order valence-electron chi connectivity index (χ2n) is 8.06. The van der Waals surface area contributed by atoms with Crippen molar-refractivity contribution in [2.24, 2.45) is 0 Å². The van der Waals surface area contributed by atoms with Gasteiger partial charge in [-0.1, -0.05) is 26.7 Å². The van der Waals surface area contributed by atoms with Gasteiger partial charge in [0.15, 0.2) is 0 Å². The van der Waals surface area contributed by atoms with Gasteiger partial charge in [0.05, 0.1) is 18.3 Å². The Balaban J connectivity index is 1.41. The first-order chi connectivity index (χ1) is 13.6. The first-order valence-corrected chi connectivity index (χ1v) is 11.6. The maximum atomic E-state index is 5.48. The second-order valence-corrected chi connectivity index (χ2v) is 9.94. The molecule has 1 aromatic carbocycles. The van der Waals surface area contributed by atoms with Crippen molar-refractivity contribution >= 4 is 28.4 Å². The van der Waals surface area contributed by atoms with Crippen LogP contribution in [0.2, 0.25) is 0 Å². The fourth-order valence-electron chi connectivity index (χ4n) is 4.12. The molecule has 0 aliphatic carbocycles. The summed E-state index contributed by atoms with van der Waals surface area (Å²) < 4.78 is 5.48. The Kier molecular flexibility index (Phi) is 7.86. The highest BCUT2D eigenvalue weighted by Crippen LogP contribution is 2.30. The van der Waals surface area contributed by atoms with Gasteiger partial charge in [-0.3, -0.25) is 4.98 Å². The van der Waals surface area contributed by atoms with E-state index in [1.54, 1.807) is 7.11 Å². The Hall–Kier alpha value is -1.46. The van der Waals surface area contributed by atoms with E-state index in [0.717, 1.165) is 39.4 Å². The van der Waals surface area contributed by atoms with Gasteiger partial charge in [0.2, 0.25) is 0 Å². The number of thioether (sulfide) groups is 1. The molecule has 0 unspecified atom stereocenters. The summed E-state index contributed by atoms with van der Waals surface area (Å²) in [6.07, 6.45) is 6.97. The Labute approximate surface area is 174 Å². The standard InChI is InChI=1S/C23H35N3OS/c1-17-9-11-25-23-21(17)13-20(27-4)14-22(23)24-10-7-5-6-8-12-26-15-18(2)28-19(3)16-26/h9,11,13-14,18-19,24H,5-8,10,12,15-16H2,1-4H3/t18-,19-/m0/s1. The molecule has 1 fully saturated rings. The summed E-state index contributed by atoms with van der Waals surface area (Å²) in [5, 5.41) is 6.31. The van der Waals surface area contributed by atoms with E-state index in [2.05, 4.69) is 59.9 Å². The number of pyridine rings is 1. The summed E-state index contributed by atoms with van der Waals surface area (Å²) >= 11 is 2.13. The van der Waals surface area contributed by atoms with Crippen molar-refractivity contribution < 1.29 is 4.74 Å². The number of fused-ring (bicyclic) bond motifs is 1. The van der Waals surface area contributed by atoms with Crippen molar-refractivity contribution in [2.45, 2.75) is 57.0 Å². The van der Waals surface area contributed by atoms with Gasteiger partial charge in [-0.15, -0.1) is 0 Å². The molecule has 1 aromatic heterocycles. The van der Waals surface area contributed by atoms with Crippen LogP contribution in [0.1, 0.15) is 45.1 Å². The van der Waals surface area contributed by atoms with E-state index in [4.69, 9.17) is 4.74 Å². The number of nitrogens with one attached hydrogen (secondary N) is 1. The molecule has 0 bridgehead atoms. The molecule has 3 rings (SSSR count). The first-order valence-electron chi connectivity index (χ1n) is 10.6. The normalized spacial score (nSPS) is 20.4. The van der Waals surface area contributed by atoms with E-state index in [1.807, 2.05) is 12.3 Å². The van der Waals surface area contributed by atoms with Crippen molar-refractivity contribution in [3.8, 4) is 5.75 Å². The molecular weight excluding hydrogens is 366 g/mol. The second kappa shape index (κ2) is 10.4. The van der Waals surface area contributed by atoms with Crippen LogP contribution < -0.4 is 10.1 Å². The molecule has 154 valence electrons. The van der Waals surface area contributed by atoms with E-state index in [1.165, 1.54) is 50.9 Å². The number of unbranched alkanes of at least 4 members (excludes halogenated alkanes) is 3. The number of aryl methyl sites for hydroxylation is 1. The molecule has 0 amide bonds. The predicted molar refractivity (Wildman–Crippen MR) is 123 cm³/mol. The van der Waals surface area contributed by atoms with Gasteiger partial charge in [0.1, 0.15) is 5.75 Å². The summed E-state index contributed by atoms with van der Waals surface area (Å²) in [4.78, 5) is 7.24. The Morgan fingerprint density at radius 2 is 1.89 bits per heavy atom. The predicted octanol–water partition coefficient (Wildman–Crippen LogP) is 5.35. The molecule has 1 N–H and O–H groups in total. The Morgan fingerprint density at radius 3 is 2.64 bits per heavy atom. The zero-order chi connectivity index (χ0) is 19.9. The Bertz CT molecular complexity index is 757. The number of ether oxygens (including phenoxy) is 1. The molecule has 1 aliphatic heterocycles. The average Bonchev–Trinajstić information content (AvgIpc) is 2.66. The number of hydrogen-bond acceptors (Lipinski definition) is 5. The smallest absolute Gasteiger partial charge is 0.121 e. The maximum absolute atomic E-state index is 5.48. The van der Waals surface area contributed by atoms with Crippen molar-refractivity contribution in [2.75, 3.05) is 38.6 Å². The quantitative estimate of drug-likeness (QED) is 0.573. The van der Waals surface area contributed by atoms with E-state index >= 15 is 0 Å². The summed E-state index contributed by atoms with van der Waals surface area (Å²) in [6, 6.07) is 6.18. The molecule has 1 aliphatic rings. The number of anilines is 1. The fraction of sp³-hybridized carbons (Fsp3) is 0.609. The molecule has 2 atom stereocenters. The number of benzene rings is 1. The summed E-state index contributed by atoms with van der Waals surface area (Å²) in [5.41, 5.74) is 3.34. The van der Waals surface area contributed by atoms with Gasteiger partial charge in [-0.2, -0.15) is 11.8 Å². The molecule has 5 heteroatoms. The largest absolute Gasteiger partial charge is 0.497 e. The number of methoxy groups -OCH3 is 1. The van der Waals surface area contributed by atoms with E-state index in [0.29, 0.717) is 0 Å². The van der Waals surface area contributed by atoms with Crippen LogP contribution in [0.5, 0.6) is 5.75 Å². The highest BCUT2D eigenvalue weighted by Gasteiger charge is 2.21. The Morgan fingerprint density at radius 1 is 1.14 bits per heavy atom. The number of aromatic nitrogens is 1. The maximum Gasteiger partial charge on any atom is 0.121 e. The highest BCUT2D eigenvalue weighted by molar-refractivity contribution is 8.00. The third kappa shape index (κ3) is 5.77. The molecule has 0 spiro atoms. The molecule has 2 aromatic rings. The number of nitrogens with zero attached hydrogens (tertiary/aromatic N) is 2. The molecule has 2 heterocycles. The minimum absolute atomic E-state index is 0.780. The van der Waals surface area contributed by atoms with Crippen molar-refractivity contribution in [3.05, 3.63) is 30.0 Å². The molecule has 4 nitrogen and oxygen atoms in total. The molecular formula is C23H35N3OS. The van der Waals surface area contributed by atoms with Crippen LogP contribution in [0.3, 0.4) is 0 Å². The molecule has 0 saturated carbocycles. The monoisotopic (exact) mass is 401 g/mol. The number of hydrogen-bond donors (Lipinski definition) is 1. The van der Waals surface area contributed by atoms with Crippen molar-refractivity contribution in [1.29, 1.82) is 0 Å². The molecule has 1 saturated heterocycles. The highest BCUT2D eigenvalue weighted by atomic mass is 32.2. The van der Waals surface area contributed by atoms with Crippen molar-refractivity contribution in [1.82, 2.24) is 9.88 Å². The van der Waals surface area contributed by atoms with E-state index in [9.17, 15) is 0 Å². The third-order valence-electron chi connectivity index (χ3n) is 5.48. The first kappa shape index (κ1) is 21.3. The lowest BCUT2D eigenvalue weighted by molar-refractivity contribution is 0.264. The van der Waals surface area contributed by atoms with Crippen LogP contribution in [0.4, 0.5) is 5.69 Å². The molecule has 28 heavy (non-hydrogen) atoms. The van der Waals surface area contributed by atoms with Crippen molar-refractivity contribution in [3.63, 3.8) is 0 Å². The fourth-order valence-corrected chi connectivity index (χ4v) is 5.50. The zero-order valence-electron chi connectivity index (χ0n) is 17.8. The average molecular weight is 402 g/mol. The minimum Gasteiger partial charge on any atom is -0.497 e. The topological polar surface area (TPSA) is 37.4 Å². The van der Waals surface area contributed by atoms with Gasteiger partial charge in [-0.05, 0) is 44.0 Å².